The maximum atomic E-state index is 13.1. The lowest BCUT2D eigenvalue weighted by molar-refractivity contribution is -0.161. The van der Waals surface area contributed by atoms with Crippen LogP contribution in [0.5, 0.6) is 0 Å². The highest BCUT2D eigenvalue weighted by molar-refractivity contribution is 7.47. The fraction of sp³-hybridized carbons (Fsp3) is 0.952. The fourth-order valence-corrected chi connectivity index (χ4v) is 14.6. The summed E-state index contributed by atoms with van der Waals surface area (Å²) in [6, 6.07) is 0. The van der Waals surface area contributed by atoms with Crippen molar-refractivity contribution in [3.05, 3.63) is 0 Å². The van der Waals surface area contributed by atoms with Crippen LogP contribution in [0.2, 0.25) is 0 Å². The minimum absolute atomic E-state index is 0.106. The van der Waals surface area contributed by atoms with Gasteiger partial charge in [0.2, 0.25) is 0 Å². The number of phosphoric ester groups is 2. The molecular weight excluding hydrogens is 1340 g/mol. The first-order chi connectivity index (χ1) is 49.7. The first-order valence-electron chi connectivity index (χ1n) is 43.3. The predicted molar refractivity (Wildman–Crippen MR) is 423 cm³/mol. The zero-order valence-corrected chi connectivity index (χ0v) is 69.6. The number of rotatable bonds is 82. The molecule has 0 amide bonds. The number of aliphatic hydroxyl groups excluding tert-OH is 1. The third-order valence-corrected chi connectivity index (χ3v) is 21.5. The van der Waals surface area contributed by atoms with Gasteiger partial charge in [-0.2, -0.15) is 0 Å². The molecule has 0 aromatic carbocycles. The molecule has 3 N–H and O–H groups in total. The summed E-state index contributed by atoms with van der Waals surface area (Å²) in [7, 11) is -9.92. The van der Waals surface area contributed by atoms with Gasteiger partial charge in [0, 0.05) is 25.7 Å². The summed E-state index contributed by atoms with van der Waals surface area (Å²) in [6.07, 6.45) is 64.0. The average molecular weight is 1510 g/mol. The molecule has 0 aliphatic heterocycles. The van der Waals surface area contributed by atoms with E-state index in [9.17, 15) is 43.2 Å². The van der Waals surface area contributed by atoms with E-state index in [1.807, 2.05) is 0 Å². The number of hydrogen-bond donors (Lipinski definition) is 3. The molecule has 0 aromatic rings. The molecule has 0 aliphatic carbocycles. The van der Waals surface area contributed by atoms with Crippen LogP contribution in [0.4, 0.5) is 0 Å². The summed E-state index contributed by atoms with van der Waals surface area (Å²) in [5.41, 5.74) is 0. The molecule has 0 rings (SSSR count). The lowest BCUT2D eigenvalue weighted by Gasteiger charge is -2.21. The van der Waals surface area contributed by atoms with Crippen molar-refractivity contribution in [3.63, 3.8) is 0 Å². The van der Waals surface area contributed by atoms with Crippen molar-refractivity contribution in [2.45, 2.75) is 458 Å². The molecular formula is C84H164O17P2. The van der Waals surface area contributed by atoms with Crippen molar-refractivity contribution in [2.24, 2.45) is 17.8 Å². The Morgan fingerprint density at radius 2 is 0.447 bits per heavy atom. The third kappa shape index (κ3) is 78.0. The van der Waals surface area contributed by atoms with Crippen molar-refractivity contribution in [1.82, 2.24) is 0 Å². The van der Waals surface area contributed by atoms with Crippen molar-refractivity contribution in [1.29, 1.82) is 0 Å². The standard InChI is InChI=1S/C84H164O17P2/c1-8-9-10-11-12-13-14-15-16-19-23-26-32-37-44-51-58-65-81(86)94-71-79(100-83(88)67-60-53-45-38-33-27-24-21-18-17-20-22-25-30-35-41-48-55-62-75(2)3)73-98-102(90,91)96-69-78(85)70-97-103(92,93)99-74-80(72-95-82(87)66-59-52-47-40-43-50-57-64-77(6)7)101-84(89)68-61-54-46-39-34-29-28-31-36-42-49-56-63-76(4)5/h75-80,85H,8-74H2,1-7H3,(H,90,91)(H,92,93)/t78-,79-,80-/m1/s1. The Labute approximate surface area is 632 Å². The first-order valence-corrected chi connectivity index (χ1v) is 46.3. The van der Waals surface area contributed by atoms with Gasteiger partial charge in [0.25, 0.3) is 0 Å². The van der Waals surface area contributed by atoms with E-state index < -0.39 is 97.5 Å². The summed E-state index contributed by atoms with van der Waals surface area (Å²) in [4.78, 5) is 73.1. The van der Waals surface area contributed by atoms with Crippen LogP contribution in [-0.2, 0) is 65.4 Å². The predicted octanol–water partition coefficient (Wildman–Crippen LogP) is 25.3. The second-order valence-corrected chi connectivity index (χ2v) is 34.6. The monoisotopic (exact) mass is 1510 g/mol. The molecule has 0 fully saturated rings. The summed E-state index contributed by atoms with van der Waals surface area (Å²) in [5, 5.41) is 10.7. The molecule has 17 nitrogen and oxygen atoms in total. The van der Waals surface area contributed by atoms with E-state index in [0.717, 1.165) is 108 Å². The zero-order chi connectivity index (χ0) is 75.8. The van der Waals surface area contributed by atoms with E-state index in [1.54, 1.807) is 0 Å². The number of phosphoric acid groups is 2. The second-order valence-electron chi connectivity index (χ2n) is 31.6. The number of esters is 4. The Morgan fingerprint density at radius 3 is 0.660 bits per heavy atom. The van der Waals surface area contributed by atoms with Crippen LogP contribution in [0.15, 0.2) is 0 Å². The Hall–Kier alpha value is -1.94. The number of unbranched alkanes of at least 4 members (excludes halogenated alkanes) is 50. The first kappa shape index (κ1) is 101. The van der Waals surface area contributed by atoms with Gasteiger partial charge in [-0.25, -0.2) is 9.13 Å². The van der Waals surface area contributed by atoms with Crippen LogP contribution < -0.4 is 0 Å². The summed E-state index contributed by atoms with van der Waals surface area (Å²) < 4.78 is 68.8. The Balaban J connectivity index is 5.23. The van der Waals surface area contributed by atoms with Gasteiger partial charge in [0.1, 0.15) is 19.3 Å². The minimum atomic E-state index is -4.96. The molecule has 0 radical (unpaired) electrons. The number of ether oxygens (including phenoxy) is 4. The molecule has 103 heavy (non-hydrogen) atoms. The fourth-order valence-electron chi connectivity index (χ4n) is 13.0. The average Bonchev–Trinajstić information content (AvgIpc) is 0.929. The SMILES string of the molecule is CCCCCCCCCCCCCCCCCCCC(=O)OC[C@H](COP(=O)(O)OC[C@@H](O)COP(=O)(O)OC[C@@H](COC(=O)CCCCCCCCCC(C)C)OC(=O)CCCCCCCCCCCCCCC(C)C)OC(=O)CCCCCCCCCCCCCCCCCCCCC(C)C. The van der Waals surface area contributed by atoms with Crippen LogP contribution in [0.3, 0.4) is 0 Å². The maximum Gasteiger partial charge on any atom is 0.472 e. The largest absolute Gasteiger partial charge is 0.472 e. The van der Waals surface area contributed by atoms with E-state index in [1.165, 1.54) is 244 Å². The van der Waals surface area contributed by atoms with Gasteiger partial charge in [-0.3, -0.25) is 37.3 Å². The second kappa shape index (κ2) is 74.2. The highest BCUT2D eigenvalue weighted by Crippen LogP contribution is 2.45. The van der Waals surface area contributed by atoms with E-state index in [-0.39, 0.29) is 25.7 Å². The van der Waals surface area contributed by atoms with Gasteiger partial charge in [0.15, 0.2) is 12.2 Å². The number of carbonyl (C=O) groups is 4. The normalized spacial score (nSPS) is 13.9. The highest BCUT2D eigenvalue weighted by Gasteiger charge is 2.30. The van der Waals surface area contributed by atoms with Gasteiger partial charge in [-0.05, 0) is 43.4 Å². The molecule has 0 spiro atoms. The molecule has 612 valence electrons. The van der Waals surface area contributed by atoms with E-state index in [0.29, 0.717) is 31.6 Å². The highest BCUT2D eigenvalue weighted by atomic mass is 31.2. The smallest absolute Gasteiger partial charge is 0.462 e. The summed E-state index contributed by atoms with van der Waals surface area (Å²) in [6.45, 7) is 12.0. The Morgan fingerprint density at radius 1 is 0.262 bits per heavy atom. The van der Waals surface area contributed by atoms with Crippen LogP contribution in [0, 0.1) is 17.8 Å². The Bertz CT molecular complexity index is 1990. The number of carbonyl (C=O) groups excluding carboxylic acids is 4. The topological polar surface area (TPSA) is 237 Å². The van der Waals surface area contributed by atoms with E-state index >= 15 is 0 Å². The summed E-state index contributed by atoms with van der Waals surface area (Å²) >= 11 is 0. The summed E-state index contributed by atoms with van der Waals surface area (Å²) in [5.74, 6) is 0.194. The lowest BCUT2D eigenvalue weighted by Crippen LogP contribution is -2.30. The molecule has 0 aromatic heterocycles. The molecule has 0 heterocycles. The molecule has 0 bridgehead atoms. The van der Waals surface area contributed by atoms with Crippen molar-refractivity contribution >= 4 is 39.5 Å². The Kier molecular flexibility index (Phi) is 72.8. The van der Waals surface area contributed by atoms with Crippen LogP contribution in [-0.4, -0.2) is 96.7 Å². The van der Waals surface area contributed by atoms with Crippen LogP contribution in [0.25, 0.3) is 0 Å². The number of aliphatic hydroxyl groups is 1. The molecule has 19 heteroatoms. The van der Waals surface area contributed by atoms with Crippen LogP contribution in [0.1, 0.15) is 440 Å². The van der Waals surface area contributed by atoms with Gasteiger partial charge >= 0.3 is 39.5 Å². The third-order valence-electron chi connectivity index (χ3n) is 19.6. The molecule has 0 aliphatic rings. The van der Waals surface area contributed by atoms with Crippen molar-refractivity contribution < 1.29 is 80.2 Å². The van der Waals surface area contributed by atoms with E-state index in [4.69, 9.17) is 37.0 Å². The minimum Gasteiger partial charge on any atom is -0.462 e. The van der Waals surface area contributed by atoms with Gasteiger partial charge in [-0.15, -0.1) is 0 Å². The van der Waals surface area contributed by atoms with Gasteiger partial charge in [-0.1, -0.05) is 389 Å². The molecule has 2 unspecified atom stereocenters. The quantitative estimate of drug-likeness (QED) is 0.0222. The van der Waals surface area contributed by atoms with Gasteiger partial charge in [0.05, 0.1) is 26.4 Å². The van der Waals surface area contributed by atoms with Gasteiger partial charge < -0.3 is 33.8 Å². The zero-order valence-electron chi connectivity index (χ0n) is 67.8. The van der Waals surface area contributed by atoms with Crippen LogP contribution >= 0.6 is 15.6 Å². The molecule has 0 saturated heterocycles. The van der Waals surface area contributed by atoms with Crippen molar-refractivity contribution in [2.75, 3.05) is 39.6 Å². The molecule has 0 saturated carbocycles. The lowest BCUT2D eigenvalue weighted by atomic mass is 10.0. The maximum absolute atomic E-state index is 13.1. The number of hydrogen-bond acceptors (Lipinski definition) is 15. The van der Waals surface area contributed by atoms with E-state index in [2.05, 4.69) is 48.5 Å². The molecule has 5 atom stereocenters. The van der Waals surface area contributed by atoms with Crippen molar-refractivity contribution in [3.8, 4) is 0 Å².